The number of alkyl carbamates (subject to hydrolysis) is 1. The number of hydrogen-bond donors (Lipinski definition) is 3. The molecule has 0 aromatic carbocycles. The van der Waals surface area contributed by atoms with Crippen LogP contribution in [0.3, 0.4) is 0 Å². The quantitative estimate of drug-likeness (QED) is 0.440. The highest BCUT2D eigenvalue weighted by molar-refractivity contribution is 6.05. The molecular formula is C12H18N2O7. The van der Waals surface area contributed by atoms with Crippen LogP contribution in [-0.2, 0) is 23.9 Å². The molecule has 0 aromatic rings. The summed E-state index contributed by atoms with van der Waals surface area (Å²) < 4.78 is 9.70. The highest BCUT2D eigenvalue weighted by Gasteiger charge is 2.36. The van der Waals surface area contributed by atoms with E-state index < -0.39 is 48.2 Å². The lowest BCUT2D eigenvalue weighted by atomic mass is 10.2. The summed E-state index contributed by atoms with van der Waals surface area (Å²) >= 11 is 0. The average molecular weight is 302 g/mol. The molecule has 3 amide bonds. The van der Waals surface area contributed by atoms with Crippen LogP contribution in [0.5, 0.6) is 0 Å². The van der Waals surface area contributed by atoms with Crippen molar-refractivity contribution in [1.82, 2.24) is 10.6 Å². The Morgan fingerprint density at radius 2 is 2.05 bits per heavy atom. The Hall–Kier alpha value is -2.16. The van der Waals surface area contributed by atoms with Crippen LogP contribution in [0, 0.1) is 0 Å². The molecule has 1 heterocycles. The Labute approximate surface area is 121 Å². The summed E-state index contributed by atoms with van der Waals surface area (Å²) in [7, 11) is 0. The van der Waals surface area contributed by atoms with Crippen molar-refractivity contribution < 1.29 is 33.8 Å². The normalized spacial score (nSPS) is 19.7. The number of esters is 1. The van der Waals surface area contributed by atoms with Gasteiger partial charge < -0.3 is 19.9 Å². The summed E-state index contributed by atoms with van der Waals surface area (Å²) in [6.45, 7) is 4.16. The third-order valence-electron chi connectivity index (χ3n) is 2.34. The predicted molar refractivity (Wildman–Crippen MR) is 67.9 cm³/mol. The Balaban J connectivity index is 2.55. The van der Waals surface area contributed by atoms with Gasteiger partial charge in [0.25, 0.3) is 5.91 Å². The molecule has 2 atom stereocenters. The molecule has 1 unspecified atom stereocenters. The molecule has 3 N–H and O–H groups in total. The molecule has 1 saturated heterocycles. The van der Waals surface area contributed by atoms with Gasteiger partial charge in [0.2, 0.25) is 5.91 Å². The largest absolute Gasteiger partial charge is 0.450 e. The fourth-order valence-electron chi connectivity index (χ4n) is 1.48. The maximum absolute atomic E-state index is 11.7. The molecule has 9 heteroatoms. The third-order valence-corrected chi connectivity index (χ3v) is 2.34. The molecule has 118 valence electrons. The van der Waals surface area contributed by atoms with Gasteiger partial charge in [-0.2, -0.15) is 0 Å². The minimum atomic E-state index is -1.39. The number of aliphatic hydroxyl groups excluding tert-OH is 1. The standard InChI is InChI=1S/C12H18N2O7/c1-12(2,3)21-11(19)13-6(5-15)10(18)20-7-4-8(16)14-9(7)17/h6-7,15H,4-5H2,1-3H3,(H,13,19)(H,14,16,17)/t6-,7?/m0/s1. The van der Waals surface area contributed by atoms with Crippen molar-refractivity contribution in [3.8, 4) is 0 Å². The van der Waals surface area contributed by atoms with E-state index in [1.54, 1.807) is 20.8 Å². The lowest BCUT2D eigenvalue weighted by Gasteiger charge is -2.22. The van der Waals surface area contributed by atoms with Gasteiger partial charge in [0.15, 0.2) is 12.1 Å². The van der Waals surface area contributed by atoms with E-state index in [4.69, 9.17) is 14.6 Å². The zero-order valence-corrected chi connectivity index (χ0v) is 12.0. The summed E-state index contributed by atoms with van der Waals surface area (Å²) in [4.78, 5) is 45.5. The molecule has 1 aliphatic rings. The van der Waals surface area contributed by atoms with Gasteiger partial charge in [0.05, 0.1) is 13.0 Å². The van der Waals surface area contributed by atoms with E-state index in [0.717, 1.165) is 0 Å². The monoisotopic (exact) mass is 302 g/mol. The molecule has 0 aliphatic carbocycles. The van der Waals surface area contributed by atoms with Gasteiger partial charge in [-0.05, 0) is 20.8 Å². The van der Waals surface area contributed by atoms with Crippen LogP contribution in [0.2, 0.25) is 0 Å². The number of ether oxygens (including phenoxy) is 2. The molecule has 0 aromatic heterocycles. The molecule has 0 bridgehead atoms. The fourth-order valence-corrected chi connectivity index (χ4v) is 1.48. The van der Waals surface area contributed by atoms with Crippen LogP contribution >= 0.6 is 0 Å². The first-order valence-electron chi connectivity index (χ1n) is 6.27. The maximum atomic E-state index is 11.7. The Morgan fingerprint density at radius 3 is 2.48 bits per heavy atom. The first kappa shape index (κ1) is 16.9. The van der Waals surface area contributed by atoms with E-state index in [-0.39, 0.29) is 6.42 Å². The van der Waals surface area contributed by atoms with Crippen molar-refractivity contribution in [2.24, 2.45) is 0 Å². The first-order chi connectivity index (χ1) is 9.62. The van der Waals surface area contributed by atoms with Gasteiger partial charge >= 0.3 is 12.1 Å². The van der Waals surface area contributed by atoms with Crippen molar-refractivity contribution in [3.63, 3.8) is 0 Å². The molecule has 9 nitrogen and oxygen atoms in total. The van der Waals surface area contributed by atoms with E-state index >= 15 is 0 Å². The van der Waals surface area contributed by atoms with E-state index in [1.807, 2.05) is 5.32 Å². The van der Waals surface area contributed by atoms with Crippen LogP contribution in [0.15, 0.2) is 0 Å². The summed E-state index contributed by atoms with van der Waals surface area (Å²) in [6.07, 6.45) is -2.44. The molecular weight excluding hydrogens is 284 g/mol. The lowest BCUT2D eigenvalue weighted by molar-refractivity contribution is -0.156. The van der Waals surface area contributed by atoms with Crippen molar-refractivity contribution in [2.45, 2.75) is 44.9 Å². The van der Waals surface area contributed by atoms with Crippen molar-refractivity contribution in [3.05, 3.63) is 0 Å². The van der Waals surface area contributed by atoms with E-state index in [2.05, 4.69) is 5.32 Å². The van der Waals surface area contributed by atoms with Crippen LogP contribution < -0.4 is 10.6 Å². The number of hydrogen-bond acceptors (Lipinski definition) is 7. The fraction of sp³-hybridized carbons (Fsp3) is 0.667. The number of amides is 3. The second-order valence-corrected chi connectivity index (χ2v) is 5.42. The summed E-state index contributed by atoms with van der Waals surface area (Å²) in [5, 5.41) is 13.2. The molecule has 1 rings (SSSR count). The number of imide groups is 1. The zero-order valence-electron chi connectivity index (χ0n) is 12.0. The second kappa shape index (κ2) is 6.53. The first-order valence-corrected chi connectivity index (χ1v) is 6.27. The van der Waals surface area contributed by atoms with Gasteiger partial charge in [-0.1, -0.05) is 0 Å². The topological polar surface area (TPSA) is 131 Å². The summed E-state index contributed by atoms with van der Waals surface area (Å²) in [5.74, 6) is -2.32. The average Bonchev–Trinajstić information content (AvgIpc) is 2.62. The van der Waals surface area contributed by atoms with Crippen LogP contribution in [0.25, 0.3) is 0 Å². The second-order valence-electron chi connectivity index (χ2n) is 5.42. The molecule has 21 heavy (non-hydrogen) atoms. The van der Waals surface area contributed by atoms with Crippen LogP contribution in [0.1, 0.15) is 27.2 Å². The van der Waals surface area contributed by atoms with Crippen LogP contribution in [0.4, 0.5) is 4.79 Å². The highest BCUT2D eigenvalue weighted by Crippen LogP contribution is 2.09. The van der Waals surface area contributed by atoms with E-state index in [9.17, 15) is 19.2 Å². The maximum Gasteiger partial charge on any atom is 0.408 e. The van der Waals surface area contributed by atoms with Crippen molar-refractivity contribution in [1.29, 1.82) is 0 Å². The molecule has 1 fully saturated rings. The Morgan fingerprint density at radius 1 is 1.43 bits per heavy atom. The smallest absolute Gasteiger partial charge is 0.408 e. The van der Waals surface area contributed by atoms with Gasteiger partial charge in [-0.15, -0.1) is 0 Å². The van der Waals surface area contributed by atoms with E-state index in [1.165, 1.54) is 0 Å². The van der Waals surface area contributed by atoms with Crippen LogP contribution in [-0.4, -0.2) is 53.3 Å². The Kier molecular flexibility index (Phi) is 5.25. The minimum absolute atomic E-state index is 0.283. The van der Waals surface area contributed by atoms with Crippen molar-refractivity contribution in [2.75, 3.05) is 6.61 Å². The minimum Gasteiger partial charge on any atom is -0.450 e. The number of nitrogens with one attached hydrogen (secondary N) is 2. The zero-order chi connectivity index (χ0) is 16.2. The van der Waals surface area contributed by atoms with Crippen molar-refractivity contribution >= 4 is 23.9 Å². The molecule has 0 saturated carbocycles. The number of aliphatic hydroxyl groups is 1. The Bertz CT molecular complexity index is 455. The summed E-state index contributed by atoms with van der Waals surface area (Å²) in [6, 6.07) is -1.39. The molecule has 0 radical (unpaired) electrons. The number of carbonyl (C=O) groups is 4. The summed E-state index contributed by atoms with van der Waals surface area (Å²) in [5.41, 5.74) is -0.772. The highest BCUT2D eigenvalue weighted by atomic mass is 16.6. The number of rotatable bonds is 4. The third kappa shape index (κ3) is 5.38. The molecule has 0 spiro atoms. The van der Waals surface area contributed by atoms with Gasteiger partial charge in [0, 0.05) is 0 Å². The van der Waals surface area contributed by atoms with Gasteiger partial charge in [-0.25, -0.2) is 9.59 Å². The van der Waals surface area contributed by atoms with Gasteiger partial charge in [0.1, 0.15) is 5.60 Å². The lowest BCUT2D eigenvalue weighted by Crippen LogP contribution is -2.47. The molecule has 1 aliphatic heterocycles. The van der Waals surface area contributed by atoms with Gasteiger partial charge in [-0.3, -0.25) is 14.9 Å². The SMILES string of the molecule is CC(C)(C)OC(=O)N[C@@H](CO)C(=O)OC1CC(=O)NC1=O. The van der Waals surface area contributed by atoms with E-state index in [0.29, 0.717) is 0 Å². The predicted octanol–water partition coefficient (Wildman–Crippen LogP) is -1.17. The number of carbonyl (C=O) groups excluding carboxylic acids is 4.